The van der Waals surface area contributed by atoms with E-state index in [2.05, 4.69) is 30.3 Å². The molecule has 1 atom stereocenters. The van der Waals surface area contributed by atoms with Gasteiger partial charge in [0.2, 0.25) is 6.79 Å². The van der Waals surface area contributed by atoms with Gasteiger partial charge in [0.25, 0.3) is 0 Å². The summed E-state index contributed by atoms with van der Waals surface area (Å²) >= 11 is 0. The number of rotatable bonds is 6. The maximum atomic E-state index is 5.46. The molecule has 2 aliphatic rings. The molecule has 24 heavy (non-hydrogen) atoms. The van der Waals surface area contributed by atoms with Crippen LogP contribution >= 0.6 is 0 Å². The number of hydrogen-bond donors (Lipinski definition) is 1. The van der Waals surface area contributed by atoms with Crippen LogP contribution in [0.1, 0.15) is 18.9 Å². The number of benzene rings is 1. The third-order valence-corrected chi connectivity index (χ3v) is 4.35. The number of nitrogens with zero attached hydrogens (tertiary/aromatic N) is 2. The minimum absolute atomic E-state index is 0.317. The third kappa shape index (κ3) is 4.32. The van der Waals surface area contributed by atoms with Crippen molar-refractivity contribution in [3.05, 3.63) is 23.8 Å². The molecular formula is C18H27N3O3. The highest BCUT2D eigenvalue weighted by Gasteiger charge is 2.19. The Morgan fingerprint density at radius 3 is 3.00 bits per heavy atom. The molecule has 0 radical (unpaired) electrons. The van der Waals surface area contributed by atoms with Crippen molar-refractivity contribution in [3.63, 3.8) is 0 Å². The standard InChI is InChI=1S/C18H27N3O3/c1-3-19-18(21(2)11-15-7-9-22-12-15)20-8-6-14-4-5-16-17(10-14)24-13-23-16/h4-5,10,15H,3,6-9,11-13H2,1-2H3,(H,19,20). The molecule has 6 heteroatoms. The Morgan fingerprint density at radius 1 is 1.33 bits per heavy atom. The van der Waals surface area contributed by atoms with Crippen LogP contribution in [-0.2, 0) is 11.2 Å². The van der Waals surface area contributed by atoms with Crippen molar-refractivity contribution in [1.82, 2.24) is 10.2 Å². The van der Waals surface area contributed by atoms with Crippen LogP contribution in [0.5, 0.6) is 11.5 Å². The van der Waals surface area contributed by atoms with Gasteiger partial charge in [-0.05, 0) is 37.5 Å². The lowest BCUT2D eigenvalue weighted by Gasteiger charge is -2.24. The van der Waals surface area contributed by atoms with Gasteiger partial charge in [0, 0.05) is 39.2 Å². The van der Waals surface area contributed by atoms with E-state index in [0.717, 1.165) is 63.1 Å². The molecular weight excluding hydrogens is 306 g/mol. The van der Waals surface area contributed by atoms with E-state index in [4.69, 9.17) is 19.2 Å². The summed E-state index contributed by atoms with van der Waals surface area (Å²) in [4.78, 5) is 6.97. The fourth-order valence-electron chi connectivity index (χ4n) is 3.06. The van der Waals surface area contributed by atoms with E-state index in [1.807, 2.05) is 12.1 Å². The minimum atomic E-state index is 0.317. The molecule has 1 aromatic carbocycles. The second kappa shape index (κ2) is 8.24. The molecule has 1 saturated heterocycles. The van der Waals surface area contributed by atoms with Gasteiger partial charge in [0.1, 0.15) is 0 Å². The van der Waals surface area contributed by atoms with Crippen molar-refractivity contribution in [1.29, 1.82) is 0 Å². The van der Waals surface area contributed by atoms with Crippen molar-refractivity contribution < 1.29 is 14.2 Å². The Hall–Kier alpha value is -1.95. The van der Waals surface area contributed by atoms with Gasteiger partial charge in [-0.25, -0.2) is 0 Å². The number of aliphatic imine (C=N–C) groups is 1. The molecule has 2 aliphatic heterocycles. The largest absolute Gasteiger partial charge is 0.454 e. The predicted octanol–water partition coefficient (Wildman–Crippen LogP) is 1.89. The summed E-state index contributed by atoms with van der Waals surface area (Å²) in [5, 5.41) is 3.37. The van der Waals surface area contributed by atoms with Crippen molar-refractivity contribution in [2.45, 2.75) is 19.8 Å². The van der Waals surface area contributed by atoms with Gasteiger partial charge >= 0.3 is 0 Å². The van der Waals surface area contributed by atoms with Crippen LogP contribution in [0.3, 0.4) is 0 Å². The first-order valence-electron chi connectivity index (χ1n) is 8.72. The van der Waals surface area contributed by atoms with Crippen molar-refractivity contribution in [2.75, 3.05) is 46.7 Å². The highest BCUT2D eigenvalue weighted by atomic mass is 16.7. The SMILES string of the molecule is CCNC(=NCCc1ccc2c(c1)OCO2)N(C)CC1CCOC1. The molecule has 1 aromatic rings. The monoisotopic (exact) mass is 333 g/mol. The first-order valence-corrected chi connectivity index (χ1v) is 8.72. The lowest BCUT2D eigenvalue weighted by molar-refractivity contribution is 0.174. The summed E-state index contributed by atoms with van der Waals surface area (Å²) in [5.41, 5.74) is 1.21. The van der Waals surface area contributed by atoms with Crippen LogP contribution in [-0.4, -0.2) is 57.5 Å². The Labute approximate surface area is 143 Å². The van der Waals surface area contributed by atoms with Gasteiger partial charge in [0.15, 0.2) is 17.5 Å². The van der Waals surface area contributed by atoms with Crippen LogP contribution in [0.2, 0.25) is 0 Å². The molecule has 1 unspecified atom stereocenters. The van der Waals surface area contributed by atoms with E-state index >= 15 is 0 Å². The smallest absolute Gasteiger partial charge is 0.231 e. The van der Waals surface area contributed by atoms with Crippen LogP contribution in [0.4, 0.5) is 0 Å². The molecule has 2 heterocycles. The molecule has 0 saturated carbocycles. The number of guanidine groups is 1. The van der Waals surface area contributed by atoms with E-state index in [1.165, 1.54) is 5.56 Å². The van der Waals surface area contributed by atoms with Crippen LogP contribution < -0.4 is 14.8 Å². The number of fused-ring (bicyclic) bond motifs is 1. The van der Waals surface area contributed by atoms with Crippen molar-refractivity contribution in [3.8, 4) is 11.5 Å². The topological polar surface area (TPSA) is 55.3 Å². The maximum Gasteiger partial charge on any atom is 0.231 e. The minimum Gasteiger partial charge on any atom is -0.454 e. The van der Waals surface area contributed by atoms with Crippen LogP contribution in [0, 0.1) is 5.92 Å². The van der Waals surface area contributed by atoms with Gasteiger partial charge in [-0.15, -0.1) is 0 Å². The van der Waals surface area contributed by atoms with Crippen molar-refractivity contribution >= 4 is 5.96 Å². The Balaban J connectivity index is 1.54. The molecule has 6 nitrogen and oxygen atoms in total. The summed E-state index contributed by atoms with van der Waals surface area (Å²) in [6.45, 7) is 6.76. The fourth-order valence-corrected chi connectivity index (χ4v) is 3.06. The number of nitrogens with one attached hydrogen (secondary N) is 1. The van der Waals surface area contributed by atoms with Crippen LogP contribution in [0.25, 0.3) is 0 Å². The van der Waals surface area contributed by atoms with E-state index < -0.39 is 0 Å². The normalized spacial score (nSPS) is 19.6. The molecule has 0 spiro atoms. The van der Waals surface area contributed by atoms with Gasteiger partial charge in [-0.1, -0.05) is 6.07 Å². The average Bonchev–Trinajstić information content (AvgIpc) is 3.24. The first kappa shape index (κ1) is 16.9. The lowest BCUT2D eigenvalue weighted by atomic mass is 10.1. The first-order chi connectivity index (χ1) is 11.8. The predicted molar refractivity (Wildman–Crippen MR) is 93.8 cm³/mol. The van der Waals surface area contributed by atoms with Crippen molar-refractivity contribution in [2.24, 2.45) is 10.9 Å². The third-order valence-electron chi connectivity index (χ3n) is 4.35. The summed E-state index contributed by atoms with van der Waals surface area (Å²) in [7, 11) is 2.10. The zero-order valence-electron chi connectivity index (χ0n) is 14.6. The molecule has 1 fully saturated rings. The Kier molecular flexibility index (Phi) is 5.80. The van der Waals surface area contributed by atoms with Crippen LogP contribution in [0.15, 0.2) is 23.2 Å². The van der Waals surface area contributed by atoms with Gasteiger partial charge in [-0.3, -0.25) is 4.99 Å². The number of ether oxygens (including phenoxy) is 3. The molecule has 0 aromatic heterocycles. The van der Waals surface area contributed by atoms with Gasteiger partial charge in [0.05, 0.1) is 6.61 Å². The van der Waals surface area contributed by atoms with E-state index in [-0.39, 0.29) is 0 Å². The van der Waals surface area contributed by atoms with E-state index in [1.54, 1.807) is 0 Å². The Bertz CT molecular complexity index is 571. The van der Waals surface area contributed by atoms with Gasteiger partial charge in [-0.2, -0.15) is 0 Å². The molecule has 0 bridgehead atoms. The lowest BCUT2D eigenvalue weighted by Crippen LogP contribution is -2.41. The zero-order chi connectivity index (χ0) is 16.8. The molecule has 3 rings (SSSR count). The molecule has 132 valence electrons. The zero-order valence-corrected chi connectivity index (χ0v) is 14.6. The maximum absolute atomic E-state index is 5.46. The average molecular weight is 333 g/mol. The second-order valence-corrected chi connectivity index (χ2v) is 6.28. The molecule has 1 N–H and O–H groups in total. The quantitative estimate of drug-likeness (QED) is 0.636. The van der Waals surface area contributed by atoms with E-state index in [0.29, 0.717) is 12.7 Å². The summed E-state index contributed by atoms with van der Waals surface area (Å²) in [6, 6.07) is 6.10. The number of hydrogen-bond acceptors (Lipinski definition) is 4. The summed E-state index contributed by atoms with van der Waals surface area (Å²) < 4.78 is 16.2. The van der Waals surface area contributed by atoms with E-state index in [9.17, 15) is 0 Å². The fraction of sp³-hybridized carbons (Fsp3) is 0.611. The van der Waals surface area contributed by atoms with Gasteiger partial charge < -0.3 is 24.4 Å². The Morgan fingerprint density at radius 2 is 2.21 bits per heavy atom. The molecule has 0 amide bonds. The molecule has 0 aliphatic carbocycles. The summed E-state index contributed by atoms with van der Waals surface area (Å²) in [5.74, 6) is 3.23. The second-order valence-electron chi connectivity index (χ2n) is 6.28. The highest BCUT2D eigenvalue weighted by molar-refractivity contribution is 5.79. The summed E-state index contributed by atoms with van der Waals surface area (Å²) in [6.07, 6.45) is 2.02. The highest BCUT2D eigenvalue weighted by Crippen LogP contribution is 2.32.